The minimum atomic E-state index is -1.40. The second-order valence-electron chi connectivity index (χ2n) is 19.6. The zero-order valence-electron chi connectivity index (χ0n) is 47.5. The number of rotatable bonds is 7. The summed E-state index contributed by atoms with van der Waals surface area (Å²) in [7, 11) is -1.40. The summed E-state index contributed by atoms with van der Waals surface area (Å²) in [4.78, 5) is 78.4. The number of benzene rings is 4. The average Bonchev–Trinajstić information content (AvgIpc) is 4.49. The van der Waals surface area contributed by atoms with Gasteiger partial charge in [0.05, 0.1) is 93.9 Å². The van der Waals surface area contributed by atoms with E-state index in [-0.39, 0.29) is 23.6 Å². The lowest BCUT2D eigenvalue weighted by Gasteiger charge is -2.03. The number of thiazole rings is 4. The van der Waals surface area contributed by atoms with E-state index in [4.69, 9.17) is 11.4 Å². The summed E-state index contributed by atoms with van der Waals surface area (Å²) in [5, 5.41) is 13.4. The highest BCUT2D eigenvalue weighted by atomic mass is 79.9. The second-order valence-corrected chi connectivity index (χ2v) is 31.1. The first-order valence-corrected chi connectivity index (χ1v) is 35.3. The molecule has 8 aromatic heterocycles. The molecule has 0 saturated heterocycles. The number of anilines is 4. The molecule has 12 aromatic rings. The van der Waals surface area contributed by atoms with Crippen molar-refractivity contribution < 1.29 is 19.2 Å². The van der Waals surface area contributed by atoms with Gasteiger partial charge in [-0.15, -0.1) is 57.3 Å². The van der Waals surface area contributed by atoms with E-state index in [2.05, 4.69) is 153 Å². The first-order chi connectivity index (χ1) is 41.6. The molecule has 0 aliphatic heterocycles. The maximum atomic E-state index is 11.2. The van der Waals surface area contributed by atoms with E-state index in [0.717, 1.165) is 92.4 Å². The highest BCUT2D eigenvalue weighted by molar-refractivity contribution is 9.11. The van der Waals surface area contributed by atoms with Crippen LogP contribution in [0.25, 0.3) is 72.6 Å². The van der Waals surface area contributed by atoms with Crippen LogP contribution in [0.3, 0.4) is 0 Å². The van der Waals surface area contributed by atoms with Crippen molar-refractivity contribution in [1.29, 1.82) is 0 Å². The quantitative estimate of drug-likeness (QED) is 0.0865. The molecule has 436 valence electrons. The molecule has 0 saturated carbocycles. The number of carbonyl (C=O) groups excluding carboxylic acids is 4. The minimum absolute atomic E-state index is 0.0927. The van der Waals surface area contributed by atoms with Crippen molar-refractivity contribution in [2.75, 3.05) is 21.3 Å². The number of aromatic nitrogens is 8. The topological polar surface area (TPSA) is 220 Å². The van der Waals surface area contributed by atoms with Crippen molar-refractivity contribution in [2.45, 2.75) is 47.3 Å². The Bertz CT molecular complexity index is 4600. The molecule has 4 aromatic carbocycles. The van der Waals surface area contributed by atoms with Crippen LogP contribution in [-0.2, 0) is 19.2 Å². The van der Waals surface area contributed by atoms with Crippen LogP contribution in [0.4, 0.5) is 22.7 Å². The van der Waals surface area contributed by atoms with Gasteiger partial charge in [-0.3, -0.25) is 39.1 Å². The first-order valence-electron chi connectivity index (χ1n) is 26.0. The fraction of sp³-hybridized carbons (Fsp3) is 0.111. The monoisotopic (exact) mass is 1430 g/mol. The van der Waals surface area contributed by atoms with Crippen LogP contribution < -0.4 is 21.3 Å². The van der Waals surface area contributed by atoms with E-state index < -0.39 is 8.07 Å². The molecule has 0 radical (unpaired) electrons. The fourth-order valence-corrected chi connectivity index (χ4v) is 12.6. The number of amides is 4. The zero-order chi connectivity index (χ0) is 62.2. The molecule has 0 unspecified atom stereocenters. The Kier molecular flexibility index (Phi) is 22.6. The molecule has 0 spiro atoms. The molecule has 0 bridgehead atoms. The lowest BCUT2D eigenvalue weighted by Crippen LogP contribution is -2.16. The van der Waals surface area contributed by atoms with Gasteiger partial charge >= 0.3 is 0 Å². The molecule has 8 heterocycles. The molecular formula is C63H51Br3N12O4S4Si. The third kappa shape index (κ3) is 19.9. The highest BCUT2D eigenvalue weighted by Gasteiger charge is 2.13. The van der Waals surface area contributed by atoms with Crippen molar-refractivity contribution >= 4 is 188 Å². The average molecular weight is 1440 g/mol. The van der Waals surface area contributed by atoms with Gasteiger partial charge in [0.15, 0.2) is 0 Å². The summed E-state index contributed by atoms with van der Waals surface area (Å²) in [6, 6.07) is 31.4. The van der Waals surface area contributed by atoms with Crippen LogP contribution in [0.5, 0.6) is 0 Å². The number of pyridine rings is 4. The van der Waals surface area contributed by atoms with Crippen molar-refractivity contribution in [1.82, 2.24) is 39.9 Å². The summed E-state index contributed by atoms with van der Waals surface area (Å²) in [5.74, 6) is 5.43. The van der Waals surface area contributed by atoms with Crippen molar-refractivity contribution in [2.24, 2.45) is 0 Å². The molecule has 16 nitrogen and oxygen atoms in total. The van der Waals surface area contributed by atoms with Crippen LogP contribution in [0.2, 0.25) is 19.6 Å². The number of terminal acetylenes is 1. The van der Waals surface area contributed by atoms with Gasteiger partial charge in [0.2, 0.25) is 23.6 Å². The Balaban J connectivity index is 0.000000146. The maximum Gasteiger partial charge on any atom is 0.221 e. The van der Waals surface area contributed by atoms with Gasteiger partial charge in [-0.25, -0.2) is 19.9 Å². The van der Waals surface area contributed by atoms with Gasteiger partial charge in [0.1, 0.15) is 23.1 Å². The van der Waals surface area contributed by atoms with Crippen LogP contribution in [0.1, 0.15) is 38.8 Å². The van der Waals surface area contributed by atoms with E-state index in [9.17, 15) is 19.2 Å². The molecule has 0 aliphatic carbocycles. The van der Waals surface area contributed by atoms with E-state index in [1.165, 1.54) is 32.4 Å². The number of hydrogen-bond acceptors (Lipinski definition) is 16. The van der Waals surface area contributed by atoms with Crippen LogP contribution in [0, 0.1) is 23.8 Å². The number of halogens is 3. The number of nitrogens with one attached hydrogen (secondary N) is 4. The number of hydrogen-bond donors (Lipinski definition) is 4. The maximum absolute atomic E-state index is 11.2. The summed E-state index contributed by atoms with van der Waals surface area (Å²) >= 11 is 16.5. The zero-order valence-corrected chi connectivity index (χ0v) is 56.5. The van der Waals surface area contributed by atoms with Gasteiger partial charge in [0.25, 0.3) is 0 Å². The summed E-state index contributed by atoms with van der Waals surface area (Å²) < 4.78 is 7.48. The fourth-order valence-electron chi connectivity index (χ4n) is 7.55. The molecule has 87 heavy (non-hydrogen) atoms. The summed E-state index contributed by atoms with van der Waals surface area (Å²) in [6.07, 6.45) is 18.7. The predicted octanol–water partition coefficient (Wildman–Crippen LogP) is 16.8. The molecular weight excluding hydrogens is 1380 g/mol. The first kappa shape index (κ1) is 64.7. The third-order valence-corrected chi connectivity index (χ3v) is 17.5. The smallest absolute Gasteiger partial charge is 0.221 e. The largest absolute Gasteiger partial charge is 0.325 e. The lowest BCUT2D eigenvalue weighted by atomic mass is 10.2. The summed E-state index contributed by atoms with van der Waals surface area (Å²) in [6.45, 7) is 12.6. The normalized spacial score (nSPS) is 10.5. The minimum Gasteiger partial charge on any atom is -0.325 e. The van der Waals surface area contributed by atoms with Crippen LogP contribution >= 0.6 is 93.1 Å². The predicted molar refractivity (Wildman–Crippen MR) is 371 cm³/mol. The Hall–Kier alpha value is -8.30. The second kappa shape index (κ2) is 30.4. The molecule has 4 amide bonds. The van der Waals surface area contributed by atoms with Crippen molar-refractivity contribution in [3.8, 4) is 55.5 Å². The van der Waals surface area contributed by atoms with E-state index in [1.54, 1.807) is 101 Å². The van der Waals surface area contributed by atoms with Crippen molar-refractivity contribution in [3.63, 3.8) is 0 Å². The molecule has 0 aliphatic rings. The van der Waals surface area contributed by atoms with E-state index in [0.29, 0.717) is 22.7 Å². The van der Waals surface area contributed by atoms with Gasteiger partial charge in [-0.05, 0) is 113 Å². The Labute approximate surface area is 543 Å². The Morgan fingerprint density at radius 3 is 1.25 bits per heavy atom. The number of carbonyl (C=O) groups is 4. The highest BCUT2D eigenvalue weighted by Crippen LogP contribution is 2.35. The molecule has 0 atom stereocenters. The molecule has 4 N–H and O–H groups in total. The standard InChI is InChI=1S/C19H19N3OSSi.C16H11N3OS.C14H10BrN3OS.C7H7BrN2O.C7H4BrNS/c1-13(23)21-16-10-15(11-20-12-16)19-22-17-9-14(5-6-18(17)24-19)7-8-25(2,3)4;1-3-11-4-5-15-14(6-11)19-16(21-15)12-7-13(9-17-8-12)18-10(2)20;1-8(19)17-11-4-9(6-16-7-11)14-18-12-5-10(15)2-3-13(12)20-14;1-5(11)10-7-2-6(8)3-9-4-7;8-5-1-2-7-6(3-5)9-4-10-7/h5-6,9-12H,1-4H3,(H,21,23);1,4-9H,2H3,(H,18,20);2-7H,1H3,(H,17,19);2-4H,1H3,(H,10,11);1-4H. The molecule has 24 heteroatoms. The molecule has 12 rings (SSSR count). The SMILES string of the molecule is Brc1ccc2scnc2c1.C#Cc1ccc2sc(-c3cncc(NC(C)=O)c3)nc2c1.CC(=O)Nc1cncc(-c2nc3cc(Br)ccc3s2)c1.CC(=O)Nc1cncc(-c2nc3cc(C#C[Si](C)(C)C)ccc3s2)c1.CC(=O)Nc1cncc(Br)c1. The Morgan fingerprint density at radius 1 is 0.448 bits per heavy atom. The Morgan fingerprint density at radius 2 is 0.828 bits per heavy atom. The van der Waals surface area contributed by atoms with Crippen LogP contribution in [0.15, 0.2) is 166 Å². The van der Waals surface area contributed by atoms with Gasteiger partial charge in [-0.2, -0.15) is 0 Å². The lowest BCUT2D eigenvalue weighted by molar-refractivity contribution is -0.115. The summed E-state index contributed by atoms with van der Waals surface area (Å²) in [5.41, 5.74) is 16.2. The number of nitrogens with zero attached hydrogens (tertiary/aromatic N) is 8. The van der Waals surface area contributed by atoms with Gasteiger partial charge < -0.3 is 21.3 Å². The number of fused-ring (bicyclic) bond motifs is 4. The van der Waals surface area contributed by atoms with Gasteiger partial charge in [-0.1, -0.05) is 63.3 Å². The van der Waals surface area contributed by atoms with Crippen molar-refractivity contribution in [3.05, 3.63) is 177 Å². The third-order valence-electron chi connectivity index (χ3n) is 11.1. The molecule has 0 fully saturated rings. The van der Waals surface area contributed by atoms with Gasteiger partial charge in [0, 0.05) is 93.7 Å². The van der Waals surface area contributed by atoms with E-state index in [1.807, 2.05) is 84.4 Å². The van der Waals surface area contributed by atoms with Crippen LogP contribution in [-0.4, -0.2) is 71.6 Å². The van der Waals surface area contributed by atoms with E-state index >= 15 is 0 Å².